The van der Waals surface area contributed by atoms with Gasteiger partial charge in [-0.25, -0.2) is 0 Å². The highest BCUT2D eigenvalue weighted by molar-refractivity contribution is 6.30. The monoisotopic (exact) mass is 185 g/mol. The molecular weight excluding hydrogens is 174 g/mol. The maximum Gasteiger partial charge on any atom is 0.179 e. The van der Waals surface area contributed by atoms with Gasteiger partial charge in [0.15, 0.2) is 5.78 Å². The van der Waals surface area contributed by atoms with Gasteiger partial charge in [0.2, 0.25) is 0 Å². The molecule has 0 bridgehead atoms. The van der Waals surface area contributed by atoms with Gasteiger partial charge in [-0.2, -0.15) is 0 Å². The van der Waals surface area contributed by atoms with E-state index in [2.05, 4.69) is 6.58 Å². The molecule has 0 aliphatic carbocycles. The first-order chi connectivity index (χ1) is 5.67. The van der Waals surface area contributed by atoms with E-state index in [-0.39, 0.29) is 11.7 Å². The number of nitrogens with two attached hydrogens (primary N) is 1. The van der Waals surface area contributed by atoms with E-state index in [1.54, 1.807) is 19.1 Å². The van der Waals surface area contributed by atoms with Crippen LogP contribution in [0.2, 0.25) is 0 Å². The highest BCUT2D eigenvalue weighted by atomic mass is 35.5. The summed E-state index contributed by atoms with van der Waals surface area (Å²) in [7, 11) is 0. The van der Waals surface area contributed by atoms with E-state index in [0.717, 1.165) is 0 Å². The molecule has 0 saturated carbocycles. The molecule has 0 aromatic heterocycles. The summed E-state index contributed by atoms with van der Waals surface area (Å²) < 4.78 is 0. The summed E-state index contributed by atoms with van der Waals surface area (Å²) in [6, 6.07) is 0. The molecule has 0 aliphatic heterocycles. The zero-order chi connectivity index (χ0) is 9.56. The minimum Gasteiger partial charge on any atom is -0.398 e. The van der Waals surface area contributed by atoms with Gasteiger partial charge in [-0.15, -0.1) is 11.6 Å². The second-order valence-electron chi connectivity index (χ2n) is 2.12. The summed E-state index contributed by atoms with van der Waals surface area (Å²) in [5.41, 5.74) is 6.41. The minimum absolute atomic E-state index is 0.0502. The first-order valence-corrected chi connectivity index (χ1v) is 4.04. The second kappa shape index (κ2) is 5.61. The minimum atomic E-state index is -0.172. The molecule has 0 rings (SSSR count). The number of rotatable bonds is 4. The highest BCUT2D eigenvalue weighted by Gasteiger charge is 2.08. The van der Waals surface area contributed by atoms with Crippen molar-refractivity contribution in [3.05, 3.63) is 36.1 Å². The van der Waals surface area contributed by atoms with E-state index >= 15 is 0 Å². The Morgan fingerprint density at radius 2 is 2.25 bits per heavy atom. The number of allylic oxidation sites excluding steroid dienone is 4. The molecule has 2 nitrogen and oxygen atoms in total. The van der Waals surface area contributed by atoms with Crippen molar-refractivity contribution in [1.82, 2.24) is 0 Å². The maximum atomic E-state index is 11.1. The lowest BCUT2D eigenvalue weighted by atomic mass is 10.1. The van der Waals surface area contributed by atoms with E-state index in [4.69, 9.17) is 17.3 Å². The molecule has 0 aromatic rings. The molecule has 0 aliphatic rings. The average molecular weight is 186 g/mol. The van der Waals surface area contributed by atoms with Crippen LogP contribution in [0.3, 0.4) is 0 Å². The molecule has 0 fully saturated rings. The van der Waals surface area contributed by atoms with E-state index in [1.807, 2.05) is 0 Å². The smallest absolute Gasteiger partial charge is 0.179 e. The fourth-order valence-electron chi connectivity index (χ4n) is 0.777. The Labute approximate surface area is 77.4 Å². The van der Waals surface area contributed by atoms with Gasteiger partial charge in [-0.1, -0.05) is 18.7 Å². The van der Waals surface area contributed by atoms with Gasteiger partial charge in [0.1, 0.15) is 0 Å². The van der Waals surface area contributed by atoms with Crippen molar-refractivity contribution in [1.29, 1.82) is 0 Å². The third kappa shape index (κ3) is 2.93. The topological polar surface area (TPSA) is 43.1 Å². The number of hydrogen-bond donors (Lipinski definition) is 1. The van der Waals surface area contributed by atoms with Crippen LogP contribution in [0.15, 0.2) is 36.1 Å². The Hall–Kier alpha value is -1.02. The molecule has 0 unspecified atom stereocenters. The molecule has 0 amide bonds. The van der Waals surface area contributed by atoms with Crippen LogP contribution in [0.25, 0.3) is 0 Å². The highest BCUT2D eigenvalue weighted by Crippen LogP contribution is 2.06. The third-order valence-corrected chi connectivity index (χ3v) is 1.56. The van der Waals surface area contributed by atoms with Gasteiger partial charge >= 0.3 is 0 Å². The standard InChI is InChI=1S/C9H12ClNO/c1-3-5-8(11)7(4-2)9(12)6-10/h3-5H,1,6,11H2,2H3/b7-4+,8-5+. The Morgan fingerprint density at radius 1 is 1.67 bits per heavy atom. The number of carbonyl (C=O) groups is 1. The van der Waals surface area contributed by atoms with Crippen LogP contribution in [-0.4, -0.2) is 11.7 Å². The molecule has 0 atom stereocenters. The normalized spacial score (nSPS) is 12.8. The predicted octanol–water partition coefficient (Wildman–Crippen LogP) is 1.77. The third-order valence-electron chi connectivity index (χ3n) is 1.32. The molecule has 3 heteroatoms. The molecule has 0 aromatic carbocycles. The van der Waals surface area contributed by atoms with Crippen LogP contribution in [0.1, 0.15) is 6.92 Å². The van der Waals surface area contributed by atoms with Crippen molar-refractivity contribution in [2.45, 2.75) is 6.92 Å². The lowest BCUT2D eigenvalue weighted by molar-refractivity contribution is -0.113. The Kier molecular flexibility index (Phi) is 5.13. The number of carbonyl (C=O) groups excluding carboxylic acids is 1. The van der Waals surface area contributed by atoms with Crippen LogP contribution in [0.5, 0.6) is 0 Å². The van der Waals surface area contributed by atoms with Crippen molar-refractivity contribution >= 4 is 17.4 Å². The van der Waals surface area contributed by atoms with Gasteiger partial charge in [0, 0.05) is 11.3 Å². The number of halogens is 1. The zero-order valence-electron chi connectivity index (χ0n) is 7.01. The molecular formula is C9H12ClNO. The van der Waals surface area contributed by atoms with E-state index in [0.29, 0.717) is 11.3 Å². The van der Waals surface area contributed by atoms with Gasteiger partial charge < -0.3 is 5.73 Å². The summed E-state index contributed by atoms with van der Waals surface area (Å²) in [5.74, 6) is -0.222. The molecule has 0 saturated heterocycles. The lowest BCUT2D eigenvalue weighted by Crippen LogP contribution is -2.11. The number of hydrogen-bond acceptors (Lipinski definition) is 2. The van der Waals surface area contributed by atoms with Crippen LogP contribution in [-0.2, 0) is 4.79 Å². The molecule has 0 spiro atoms. The zero-order valence-corrected chi connectivity index (χ0v) is 7.77. The van der Waals surface area contributed by atoms with Crippen molar-refractivity contribution in [2.75, 3.05) is 5.88 Å². The second-order valence-corrected chi connectivity index (χ2v) is 2.38. The number of Topliss-reactive ketones (excluding diaryl/α,β-unsaturated/α-hetero) is 1. The molecule has 12 heavy (non-hydrogen) atoms. The Bertz CT molecular complexity index is 241. The largest absolute Gasteiger partial charge is 0.398 e. The number of alkyl halides is 1. The molecule has 66 valence electrons. The summed E-state index contributed by atoms with van der Waals surface area (Å²) >= 11 is 5.37. The van der Waals surface area contributed by atoms with Crippen LogP contribution in [0.4, 0.5) is 0 Å². The van der Waals surface area contributed by atoms with Crippen molar-refractivity contribution in [2.24, 2.45) is 5.73 Å². The van der Waals surface area contributed by atoms with Crippen molar-refractivity contribution in [3.8, 4) is 0 Å². The first kappa shape index (κ1) is 11.0. The summed E-state index contributed by atoms with van der Waals surface area (Å²) in [6.07, 6.45) is 4.74. The van der Waals surface area contributed by atoms with Crippen LogP contribution in [0, 0.1) is 0 Å². The van der Waals surface area contributed by atoms with Gasteiger partial charge in [0.05, 0.1) is 5.88 Å². The van der Waals surface area contributed by atoms with Crippen LogP contribution < -0.4 is 5.73 Å². The van der Waals surface area contributed by atoms with E-state index < -0.39 is 0 Å². The quantitative estimate of drug-likeness (QED) is 0.412. The van der Waals surface area contributed by atoms with Crippen LogP contribution >= 0.6 is 11.6 Å². The fourth-order valence-corrected chi connectivity index (χ4v) is 0.921. The van der Waals surface area contributed by atoms with E-state index in [9.17, 15) is 4.79 Å². The first-order valence-electron chi connectivity index (χ1n) is 3.51. The molecule has 0 heterocycles. The number of ketones is 1. The fraction of sp³-hybridized carbons (Fsp3) is 0.222. The molecule has 2 N–H and O–H groups in total. The van der Waals surface area contributed by atoms with E-state index in [1.165, 1.54) is 6.08 Å². The van der Waals surface area contributed by atoms with Gasteiger partial charge in [-0.3, -0.25) is 4.79 Å². The van der Waals surface area contributed by atoms with Crippen molar-refractivity contribution < 1.29 is 4.79 Å². The Balaban J connectivity index is 4.70. The van der Waals surface area contributed by atoms with Gasteiger partial charge in [-0.05, 0) is 13.0 Å². The lowest BCUT2D eigenvalue weighted by Gasteiger charge is -2.02. The predicted molar refractivity (Wildman–Crippen MR) is 52.0 cm³/mol. The van der Waals surface area contributed by atoms with Crippen molar-refractivity contribution in [3.63, 3.8) is 0 Å². The van der Waals surface area contributed by atoms with Gasteiger partial charge in [0.25, 0.3) is 0 Å². The summed E-state index contributed by atoms with van der Waals surface area (Å²) in [5, 5.41) is 0. The summed E-state index contributed by atoms with van der Waals surface area (Å²) in [4.78, 5) is 11.1. The Morgan fingerprint density at radius 3 is 2.58 bits per heavy atom. The maximum absolute atomic E-state index is 11.1. The molecule has 0 radical (unpaired) electrons. The SMILES string of the molecule is C=C/C=C(N)\C(=C/C)C(=O)CCl. The average Bonchev–Trinajstić information content (AvgIpc) is 2.06. The summed E-state index contributed by atoms with van der Waals surface area (Å²) in [6.45, 7) is 5.21.